The summed E-state index contributed by atoms with van der Waals surface area (Å²) in [5, 5.41) is 12.4. The molecule has 1 rings (SSSR count). The van der Waals surface area contributed by atoms with Crippen LogP contribution in [0, 0.1) is 5.92 Å². The minimum absolute atomic E-state index is 0.0239. The van der Waals surface area contributed by atoms with Crippen molar-refractivity contribution in [2.75, 3.05) is 12.4 Å². The lowest BCUT2D eigenvalue weighted by molar-refractivity contribution is 0.0946. The molecule has 1 aromatic rings. The Bertz CT molecular complexity index is 418. The van der Waals surface area contributed by atoms with E-state index in [4.69, 9.17) is 23.2 Å². The maximum absolute atomic E-state index is 11.9. The van der Waals surface area contributed by atoms with E-state index in [2.05, 4.69) is 12.2 Å². The Hall–Kier alpha value is -0.930. The lowest BCUT2D eigenvalue weighted by Gasteiger charge is -2.15. The smallest absolute Gasteiger partial charge is 0.251 e. The number of phenols is 1. The second-order valence-corrected chi connectivity index (χ2v) is 5.29. The lowest BCUT2D eigenvalue weighted by Crippen LogP contribution is -2.29. The zero-order chi connectivity index (χ0) is 14.3. The number of rotatable bonds is 7. The largest absolute Gasteiger partial charge is 0.506 e. The van der Waals surface area contributed by atoms with Crippen molar-refractivity contribution < 1.29 is 9.90 Å². The van der Waals surface area contributed by atoms with Crippen LogP contribution in [0.2, 0.25) is 5.02 Å². The molecule has 0 aliphatic rings. The van der Waals surface area contributed by atoms with Gasteiger partial charge in [-0.1, -0.05) is 24.9 Å². The number of aromatic hydroxyl groups is 1. The molecule has 5 heteroatoms. The number of carbonyl (C=O) groups is 1. The molecule has 0 aliphatic heterocycles. The van der Waals surface area contributed by atoms with Gasteiger partial charge in [0.05, 0.1) is 5.02 Å². The first-order valence-corrected chi connectivity index (χ1v) is 7.32. The van der Waals surface area contributed by atoms with Crippen LogP contribution in [0.1, 0.15) is 36.5 Å². The van der Waals surface area contributed by atoms with Gasteiger partial charge in [-0.2, -0.15) is 0 Å². The van der Waals surface area contributed by atoms with Crippen LogP contribution in [0.15, 0.2) is 18.2 Å². The summed E-state index contributed by atoms with van der Waals surface area (Å²) in [7, 11) is 0. The number of carbonyl (C=O) groups excluding carboxylic acids is 1. The van der Waals surface area contributed by atoms with Gasteiger partial charge in [-0.25, -0.2) is 0 Å². The maximum atomic E-state index is 11.9. The normalized spacial score (nSPS) is 12.2. The first kappa shape index (κ1) is 16.1. The van der Waals surface area contributed by atoms with Crippen molar-refractivity contribution in [3.8, 4) is 5.75 Å². The molecular formula is C14H19Cl2NO2. The van der Waals surface area contributed by atoms with Gasteiger partial charge in [0.25, 0.3) is 5.91 Å². The molecule has 1 atom stereocenters. The molecular weight excluding hydrogens is 285 g/mol. The summed E-state index contributed by atoms with van der Waals surface area (Å²) >= 11 is 11.5. The number of alkyl halides is 1. The van der Waals surface area contributed by atoms with Gasteiger partial charge >= 0.3 is 0 Å². The Labute approximate surface area is 123 Å². The number of hydrogen-bond acceptors (Lipinski definition) is 2. The van der Waals surface area contributed by atoms with Gasteiger partial charge in [0, 0.05) is 18.0 Å². The van der Waals surface area contributed by atoms with Gasteiger partial charge in [0.15, 0.2) is 0 Å². The molecule has 0 radical (unpaired) electrons. The molecule has 0 aliphatic carbocycles. The highest BCUT2D eigenvalue weighted by Crippen LogP contribution is 2.23. The minimum Gasteiger partial charge on any atom is -0.506 e. The zero-order valence-electron chi connectivity index (χ0n) is 11.0. The summed E-state index contributed by atoms with van der Waals surface area (Å²) < 4.78 is 0. The third-order valence-electron chi connectivity index (χ3n) is 2.98. The topological polar surface area (TPSA) is 49.3 Å². The molecule has 19 heavy (non-hydrogen) atoms. The maximum Gasteiger partial charge on any atom is 0.251 e. The molecule has 1 amide bonds. The fourth-order valence-corrected chi connectivity index (χ4v) is 2.39. The standard InChI is InChI=1S/C14H19Cl2NO2/c1-2-3-10(6-7-15)9-17-14(19)11-4-5-13(18)12(16)8-11/h4-5,8,10,18H,2-3,6-7,9H2,1H3,(H,17,19). The van der Waals surface area contributed by atoms with Crippen LogP contribution >= 0.6 is 23.2 Å². The van der Waals surface area contributed by atoms with E-state index in [1.165, 1.54) is 12.1 Å². The van der Waals surface area contributed by atoms with Crippen LogP contribution in [0.5, 0.6) is 5.75 Å². The predicted octanol–water partition coefficient (Wildman–Crippen LogP) is 3.82. The lowest BCUT2D eigenvalue weighted by atomic mass is 10.0. The quantitative estimate of drug-likeness (QED) is 0.752. The fourth-order valence-electron chi connectivity index (χ4n) is 1.90. The molecule has 3 nitrogen and oxygen atoms in total. The molecule has 0 saturated heterocycles. The van der Waals surface area contributed by atoms with E-state index in [-0.39, 0.29) is 16.7 Å². The number of halogens is 2. The van der Waals surface area contributed by atoms with Crippen LogP contribution in [-0.4, -0.2) is 23.4 Å². The molecule has 1 unspecified atom stereocenters. The van der Waals surface area contributed by atoms with Crippen molar-refractivity contribution in [2.24, 2.45) is 5.92 Å². The Kier molecular flexibility index (Phi) is 7.03. The van der Waals surface area contributed by atoms with E-state index < -0.39 is 0 Å². The van der Waals surface area contributed by atoms with Crippen molar-refractivity contribution in [3.63, 3.8) is 0 Å². The molecule has 1 aromatic carbocycles. The van der Waals surface area contributed by atoms with Gasteiger partial charge in [-0.15, -0.1) is 11.6 Å². The van der Waals surface area contributed by atoms with Crippen molar-refractivity contribution >= 4 is 29.1 Å². The first-order valence-electron chi connectivity index (χ1n) is 6.41. The van der Waals surface area contributed by atoms with Crippen molar-refractivity contribution in [3.05, 3.63) is 28.8 Å². The Morgan fingerprint density at radius 3 is 2.74 bits per heavy atom. The number of amides is 1. The van der Waals surface area contributed by atoms with Crippen LogP contribution in [0.4, 0.5) is 0 Å². The average Bonchev–Trinajstić information content (AvgIpc) is 2.39. The van der Waals surface area contributed by atoms with E-state index in [9.17, 15) is 9.90 Å². The zero-order valence-corrected chi connectivity index (χ0v) is 12.5. The molecule has 0 spiro atoms. The van der Waals surface area contributed by atoms with Crippen molar-refractivity contribution in [1.29, 1.82) is 0 Å². The monoisotopic (exact) mass is 303 g/mol. The number of nitrogens with one attached hydrogen (secondary N) is 1. The average molecular weight is 304 g/mol. The third kappa shape index (κ3) is 5.29. The van der Waals surface area contributed by atoms with Gasteiger partial charge in [0.1, 0.15) is 5.75 Å². The second kappa shape index (κ2) is 8.28. The Morgan fingerprint density at radius 2 is 2.16 bits per heavy atom. The highest BCUT2D eigenvalue weighted by Gasteiger charge is 2.12. The highest BCUT2D eigenvalue weighted by molar-refractivity contribution is 6.32. The number of phenolic OH excluding ortho intramolecular Hbond substituents is 1. The fraction of sp³-hybridized carbons (Fsp3) is 0.500. The van der Waals surface area contributed by atoms with E-state index in [1.54, 1.807) is 6.07 Å². The first-order chi connectivity index (χ1) is 9.08. The summed E-state index contributed by atoms with van der Waals surface area (Å²) in [6.45, 7) is 2.72. The molecule has 0 bridgehead atoms. The van der Waals surface area contributed by atoms with E-state index in [1.807, 2.05) is 0 Å². The summed E-state index contributed by atoms with van der Waals surface area (Å²) in [5.41, 5.74) is 0.448. The van der Waals surface area contributed by atoms with Crippen LogP contribution in [-0.2, 0) is 0 Å². The van der Waals surface area contributed by atoms with E-state index in [0.717, 1.165) is 19.3 Å². The molecule has 106 valence electrons. The Morgan fingerprint density at radius 1 is 1.42 bits per heavy atom. The molecule has 0 aromatic heterocycles. The summed E-state index contributed by atoms with van der Waals surface area (Å²) in [6.07, 6.45) is 3.01. The van der Waals surface area contributed by atoms with Crippen LogP contribution in [0.3, 0.4) is 0 Å². The second-order valence-electron chi connectivity index (χ2n) is 4.51. The molecule has 0 heterocycles. The molecule has 0 saturated carbocycles. The van der Waals surface area contributed by atoms with Gasteiger partial charge in [-0.05, 0) is 37.0 Å². The Balaban J connectivity index is 2.56. The molecule has 0 fully saturated rings. The highest BCUT2D eigenvalue weighted by atomic mass is 35.5. The van der Waals surface area contributed by atoms with E-state index in [0.29, 0.717) is 23.9 Å². The van der Waals surface area contributed by atoms with E-state index >= 15 is 0 Å². The summed E-state index contributed by atoms with van der Waals surface area (Å²) in [4.78, 5) is 11.9. The van der Waals surface area contributed by atoms with Gasteiger partial charge in [-0.3, -0.25) is 4.79 Å². The van der Waals surface area contributed by atoms with Gasteiger partial charge < -0.3 is 10.4 Å². The van der Waals surface area contributed by atoms with Crippen molar-refractivity contribution in [1.82, 2.24) is 5.32 Å². The third-order valence-corrected chi connectivity index (χ3v) is 3.50. The van der Waals surface area contributed by atoms with Gasteiger partial charge in [0.2, 0.25) is 0 Å². The number of benzene rings is 1. The summed E-state index contributed by atoms with van der Waals surface area (Å²) in [6, 6.07) is 4.43. The van der Waals surface area contributed by atoms with Crippen LogP contribution in [0.25, 0.3) is 0 Å². The summed E-state index contributed by atoms with van der Waals surface area (Å²) in [5.74, 6) is 0.798. The SMILES string of the molecule is CCCC(CCCl)CNC(=O)c1ccc(O)c(Cl)c1. The van der Waals surface area contributed by atoms with Crippen molar-refractivity contribution in [2.45, 2.75) is 26.2 Å². The molecule has 2 N–H and O–H groups in total. The number of hydrogen-bond donors (Lipinski definition) is 2. The van der Waals surface area contributed by atoms with Crippen LogP contribution < -0.4 is 5.32 Å². The minimum atomic E-state index is -0.183. The predicted molar refractivity (Wildman–Crippen MR) is 79.2 cm³/mol.